The summed E-state index contributed by atoms with van der Waals surface area (Å²) in [6, 6.07) is 2.10. The van der Waals surface area contributed by atoms with Crippen LogP contribution in [0.3, 0.4) is 0 Å². The molecule has 1 aliphatic rings. The van der Waals surface area contributed by atoms with Gasteiger partial charge in [-0.3, -0.25) is 4.68 Å². The van der Waals surface area contributed by atoms with Crippen molar-refractivity contribution >= 4 is 6.09 Å². The number of carbonyl (C=O) groups is 1. The number of piperidine rings is 1. The Morgan fingerprint density at radius 3 is 2.56 bits per heavy atom. The first-order valence-electron chi connectivity index (χ1n) is 11.7. The molecule has 0 saturated carbocycles. The number of halogens is 2. The Labute approximate surface area is 207 Å². The Balaban J connectivity index is 1.38. The third-order valence-corrected chi connectivity index (χ3v) is 5.69. The van der Waals surface area contributed by atoms with E-state index in [4.69, 9.17) is 14.2 Å². The molecule has 0 N–H and O–H groups in total. The monoisotopic (exact) mass is 502 g/mol. The lowest BCUT2D eigenvalue weighted by molar-refractivity contribution is 0.0505. The lowest BCUT2D eigenvalue weighted by atomic mass is 10.1. The van der Waals surface area contributed by atoms with E-state index in [0.717, 1.165) is 12.1 Å². The highest BCUT2D eigenvalue weighted by Gasteiger charge is 2.26. The number of hydrogen-bond acceptors (Lipinski definition) is 8. The molecule has 0 atom stereocenters. The minimum atomic E-state index is -0.717. The van der Waals surface area contributed by atoms with Crippen LogP contribution in [-0.2, 0) is 17.7 Å². The molecule has 0 bridgehead atoms. The number of aromatic nitrogens is 5. The molecule has 36 heavy (non-hydrogen) atoms. The molecule has 3 heterocycles. The standard InChI is InChI=1S/C24H28F2N6O4/c1-15(2)34-24(33)31-7-5-18(6-8-31)35-22-16(3)23(29-13-28-22)36-21-11-19(25)17(10-20(21)26)4-9-32-14-27-12-30-32/h10-15,18H,4-9H2,1-3H3. The molecule has 2 aromatic heterocycles. The van der Waals surface area contributed by atoms with Gasteiger partial charge >= 0.3 is 6.09 Å². The van der Waals surface area contributed by atoms with Crippen molar-refractivity contribution in [2.24, 2.45) is 0 Å². The molecule has 1 amide bonds. The van der Waals surface area contributed by atoms with Crippen molar-refractivity contribution in [2.45, 2.75) is 58.8 Å². The first-order valence-corrected chi connectivity index (χ1v) is 11.7. The number of benzene rings is 1. The SMILES string of the molecule is Cc1c(Oc2cc(F)c(CCn3cncn3)cc2F)ncnc1OC1CCN(C(=O)OC(C)C)CC1. The molecule has 0 unspecified atom stereocenters. The molecule has 10 nitrogen and oxygen atoms in total. The van der Waals surface area contributed by atoms with Crippen LogP contribution < -0.4 is 9.47 Å². The summed E-state index contributed by atoms with van der Waals surface area (Å²) in [6.07, 6.45) is 4.88. The molecule has 3 aromatic rings. The van der Waals surface area contributed by atoms with E-state index < -0.39 is 11.6 Å². The zero-order valence-electron chi connectivity index (χ0n) is 20.4. The van der Waals surface area contributed by atoms with Crippen LogP contribution in [0, 0.1) is 18.6 Å². The Kier molecular flexibility index (Phi) is 7.91. The van der Waals surface area contributed by atoms with Gasteiger partial charge in [0, 0.05) is 38.5 Å². The van der Waals surface area contributed by atoms with E-state index in [1.807, 2.05) is 0 Å². The van der Waals surface area contributed by atoms with Crippen LogP contribution in [0.15, 0.2) is 31.1 Å². The summed E-state index contributed by atoms with van der Waals surface area (Å²) in [5.74, 6) is -1.26. The second kappa shape index (κ2) is 11.3. The van der Waals surface area contributed by atoms with Gasteiger partial charge in [0.05, 0.1) is 11.7 Å². The number of amides is 1. The van der Waals surface area contributed by atoms with Crippen LogP contribution in [0.5, 0.6) is 17.5 Å². The average molecular weight is 503 g/mol. The lowest BCUT2D eigenvalue weighted by Gasteiger charge is -2.31. The lowest BCUT2D eigenvalue weighted by Crippen LogP contribution is -2.42. The Morgan fingerprint density at radius 1 is 1.11 bits per heavy atom. The maximum Gasteiger partial charge on any atom is 0.410 e. The van der Waals surface area contributed by atoms with Gasteiger partial charge in [0.25, 0.3) is 0 Å². The van der Waals surface area contributed by atoms with E-state index in [2.05, 4.69) is 20.1 Å². The predicted molar refractivity (Wildman–Crippen MR) is 124 cm³/mol. The van der Waals surface area contributed by atoms with E-state index in [1.165, 1.54) is 23.7 Å². The molecule has 0 spiro atoms. The normalized spacial score (nSPS) is 14.2. The van der Waals surface area contributed by atoms with Gasteiger partial charge in [0.2, 0.25) is 11.8 Å². The van der Waals surface area contributed by atoms with Gasteiger partial charge in [-0.25, -0.2) is 28.5 Å². The maximum atomic E-state index is 14.7. The third kappa shape index (κ3) is 6.23. The summed E-state index contributed by atoms with van der Waals surface area (Å²) in [5.41, 5.74) is 0.650. The Hall–Kier alpha value is -3.83. The van der Waals surface area contributed by atoms with E-state index in [0.29, 0.717) is 38.0 Å². The molecule has 4 rings (SSSR count). The molecule has 1 saturated heterocycles. The minimum absolute atomic E-state index is 0.0617. The van der Waals surface area contributed by atoms with Crippen LogP contribution in [0.25, 0.3) is 0 Å². The number of ether oxygens (including phenoxy) is 3. The number of aryl methyl sites for hydroxylation is 2. The number of nitrogens with zero attached hydrogens (tertiary/aromatic N) is 6. The van der Waals surface area contributed by atoms with Crippen LogP contribution in [0.1, 0.15) is 37.8 Å². The van der Waals surface area contributed by atoms with Crippen molar-refractivity contribution in [2.75, 3.05) is 13.1 Å². The van der Waals surface area contributed by atoms with Crippen LogP contribution in [-0.4, -0.2) is 61.0 Å². The van der Waals surface area contributed by atoms with E-state index in [1.54, 1.807) is 25.7 Å². The van der Waals surface area contributed by atoms with Crippen LogP contribution in [0.2, 0.25) is 0 Å². The highest BCUT2D eigenvalue weighted by molar-refractivity contribution is 5.67. The fourth-order valence-electron chi connectivity index (χ4n) is 3.76. The molecular formula is C24H28F2N6O4. The van der Waals surface area contributed by atoms with E-state index in [-0.39, 0.29) is 47.8 Å². The van der Waals surface area contributed by atoms with Gasteiger partial charge in [-0.05, 0) is 38.8 Å². The summed E-state index contributed by atoms with van der Waals surface area (Å²) in [7, 11) is 0. The van der Waals surface area contributed by atoms with Gasteiger partial charge < -0.3 is 19.1 Å². The molecule has 1 aromatic carbocycles. The van der Waals surface area contributed by atoms with Crippen molar-refractivity contribution in [1.29, 1.82) is 0 Å². The molecular weight excluding hydrogens is 474 g/mol. The zero-order chi connectivity index (χ0) is 25.7. The fourth-order valence-corrected chi connectivity index (χ4v) is 3.76. The van der Waals surface area contributed by atoms with Crippen LogP contribution in [0.4, 0.5) is 13.6 Å². The third-order valence-electron chi connectivity index (χ3n) is 5.69. The highest BCUT2D eigenvalue weighted by Crippen LogP contribution is 2.31. The minimum Gasteiger partial charge on any atom is -0.474 e. The Bertz CT molecular complexity index is 1180. The van der Waals surface area contributed by atoms with Gasteiger partial charge in [-0.1, -0.05) is 0 Å². The summed E-state index contributed by atoms with van der Waals surface area (Å²) < 4.78 is 47.7. The molecule has 1 fully saturated rings. The summed E-state index contributed by atoms with van der Waals surface area (Å²) >= 11 is 0. The molecule has 192 valence electrons. The van der Waals surface area contributed by atoms with Gasteiger partial charge in [0.1, 0.15) is 30.9 Å². The smallest absolute Gasteiger partial charge is 0.410 e. The quantitative estimate of drug-likeness (QED) is 0.454. The number of likely N-dealkylation sites (tertiary alicyclic amines) is 1. The number of hydrogen-bond donors (Lipinski definition) is 0. The Morgan fingerprint density at radius 2 is 1.86 bits per heavy atom. The first-order chi connectivity index (χ1) is 17.3. The first kappa shape index (κ1) is 25.3. The van der Waals surface area contributed by atoms with E-state index in [9.17, 15) is 13.6 Å². The maximum absolute atomic E-state index is 14.7. The van der Waals surface area contributed by atoms with E-state index >= 15 is 0 Å². The highest BCUT2D eigenvalue weighted by atomic mass is 19.1. The van der Waals surface area contributed by atoms with Crippen molar-refractivity contribution in [3.8, 4) is 17.5 Å². The molecule has 12 heteroatoms. The molecule has 0 aliphatic carbocycles. The largest absolute Gasteiger partial charge is 0.474 e. The van der Waals surface area contributed by atoms with Gasteiger partial charge in [0.15, 0.2) is 11.6 Å². The van der Waals surface area contributed by atoms with Crippen molar-refractivity contribution in [1.82, 2.24) is 29.6 Å². The fraction of sp³-hybridized carbons (Fsp3) is 0.458. The van der Waals surface area contributed by atoms with Crippen molar-refractivity contribution < 1.29 is 27.8 Å². The average Bonchev–Trinajstić information content (AvgIpc) is 3.36. The molecule has 1 aliphatic heterocycles. The van der Waals surface area contributed by atoms with Gasteiger partial charge in [-0.15, -0.1) is 0 Å². The second-order valence-corrected chi connectivity index (χ2v) is 8.73. The summed E-state index contributed by atoms with van der Waals surface area (Å²) in [6.45, 7) is 6.65. The number of carbonyl (C=O) groups excluding carboxylic acids is 1. The summed E-state index contributed by atoms with van der Waals surface area (Å²) in [4.78, 5) is 25.8. The number of rotatable bonds is 8. The predicted octanol–water partition coefficient (Wildman–Crippen LogP) is 4.08. The van der Waals surface area contributed by atoms with Crippen molar-refractivity contribution in [3.63, 3.8) is 0 Å². The zero-order valence-corrected chi connectivity index (χ0v) is 20.4. The van der Waals surface area contributed by atoms with Gasteiger partial charge in [-0.2, -0.15) is 5.10 Å². The topological polar surface area (TPSA) is 104 Å². The van der Waals surface area contributed by atoms with Crippen molar-refractivity contribution in [3.05, 3.63) is 53.9 Å². The second-order valence-electron chi connectivity index (χ2n) is 8.73. The molecule has 0 radical (unpaired) electrons. The van der Waals surface area contributed by atoms with Crippen LogP contribution >= 0.6 is 0 Å². The summed E-state index contributed by atoms with van der Waals surface area (Å²) in [5, 5.41) is 3.95.